The number of amides is 1. The van der Waals surface area contributed by atoms with Gasteiger partial charge in [0.25, 0.3) is 5.56 Å². The van der Waals surface area contributed by atoms with E-state index in [4.69, 9.17) is 0 Å². The number of nitrogens with zero attached hydrogens (tertiary/aromatic N) is 3. The number of benzene rings is 2. The van der Waals surface area contributed by atoms with E-state index < -0.39 is 0 Å². The number of piperazine rings is 1. The summed E-state index contributed by atoms with van der Waals surface area (Å²) in [6.45, 7) is 3.46. The molecule has 3 aromatic rings. The molecule has 6 nitrogen and oxygen atoms in total. The fraction of sp³-hybridized carbons (Fsp3) is 0.304. The van der Waals surface area contributed by atoms with Gasteiger partial charge in [-0.05, 0) is 31.0 Å². The minimum atomic E-state index is -0.0261. The van der Waals surface area contributed by atoms with Crippen LogP contribution in [0.25, 0.3) is 5.69 Å². The van der Waals surface area contributed by atoms with E-state index in [2.05, 4.69) is 22.3 Å². The summed E-state index contributed by atoms with van der Waals surface area (Å²) in [6.07, 6.45) is 0.783. The summed E-state index contributed by atoms with van der Waals surface area (Å²) in [4.78, 5) is 27.5. The van der Waals surface area contributed by atoms with Crippen molar-refractivity contribution in [3.05, 3.63) is 87.8 Å². The normalized spacial score (nSPS) is 17.3. The van der Waals surface area contributed by atoms with Crippen LogP contribution in [0, 0.1) is 6.92 Å². The Morgan fingerprint density at radius 2 is 1.66 bits per heavy atom. The van der Waals surface area contributed by atoms with Crippen molar-refractivity contribution in [3.63, 3.8) is 0 Å². The average molecular weight is 390 g/mol. The van der Waals surface area contributed by atoms with Crippen LogP contribution in [0.15, 0.2) is 65.5 Å². The number of aromatic nitrogens is 2. The van der Waals surface area contributed by atoms with Crippen LogP contribution in [-0.4, -0.2) is 39.3 Å². The quantitative estimate of drug-likeness (QED) is 0.725. The van der Waals surface area contributed by atoms with Crippen molar-refractivity contribution in [2.45, 2.75) is 25.9 Å². The number of carbonyl (C=O) groups is 1. The Labute approximate surface area is 170 Å². The molecule has 1 aromatic heterocycles. The molecule has 29 heavy (non-hydrogen) atoms. The summed E-state index contributed by atoms with van der Waals surface area (Å²) < 4.78 is 3.58. The van der Waals surface area contributed by atoms with Crippen molar-refractivity contribution in [1.29, 1.82) is 0 Å². The van der Waals surface area contributed by atoms with E-state index in [1.165, 1.54) is 5.56 Å². The first-order valence-electron chi connectivity index (χ1n) is 9.91. The van der Waals surface area contributed by atoms with Crippen LogP contribution in [0.5, 0.6) is 0 Å². The van der Waals surface area contributed by atoms with Gasteiger partial charge in [0.05, 0.1) is 17.8 Å². The van der Waals surface area contributed by atoms with Gasteiger partial charge in [0, 0.05) is 31.9 Å². The van der Waals surface area contributed by atoms with E-state index >= 15 is 0 Å². The van der Waals surface area contributed by atoms with Crippen LogP contribution in [0.4, 0.5) is 0 Å². The van der Waals surface area contributed by atoms with Gasteiger partial charge >= 0.3 is 0 Å². The monoisotopic (exact) mass is 390 g/mol. The highest BCUT2D eigenvalue weighted by Crippen LogP contribution is 2.14. The zero-order valence-corrected chi connectivity index (χ0v) is 16.8. The number of rotatable bonds is 5. The summed E-state index contributed by atoms with van der Waals surface area (Å²) in [5.74, 6) is 0.00847. The Bertz CT molecular complexity index is 1050. The van der Waals surface area contributed by atoms with Gasteiger partial charge in [-0.3, -0.25) is 19.2 Å². The Balaban J connectivity index is 1.56. The van der Waals surface area contributed by atoms with Crippen LogP contribution >= 0.6 is 0 Å². The Morgan fingerprint density at radius 1 is 1.00 bits per heavy atom. The molecule has 0 radical (unpaired) electrons. The molecule has 0 spiro atoms. The fourth-order valence-electron chi connectivity index (χ4n) is 4.06. The van der Waals surface area contributed by atoms with E-state index in [0.717, 1.165) is 29.9 Å². The first-order chi connectivity index (χ1) is 14.0. The lowest BCUT2D eigenvalue weighted by atomic mass is 10.0. The summed E-state index contributed by atoms with van der Waals surface area (Å²) in [5.41, 5.74) is 3.67. The van der Waals surface area contributed by atoms with E-state index in [-0.39, 0.29) is 17.5 Å². The predicted molar refractivity (Wildman–Crippen MR) is 113 cm³/mol. The largest absolute Gasteiger partial charge is 0.351 e. The maximum absolute atomic E-state index is 13.2. The molecule has 1 amide bonds. The summed E-state index contributed by atoms with van der Waals surface area (Å²) >= 11 is 0. The molecule has 0 bridgehead atoms. The minimum absolute atomic E-state index is 0.00847. The van der Waals surface area contributed by atoms with Crippen molar-refractivity contribution in [3.8, 4) is 5.69 Å². The molecule has 1 saturated heterocycles. The molecule has 6 heteroatoms. The first-order valence-corrected chi connectivity index (χ1v) is 9.91. The van der Waals surface area contributed by atoms with Gasteiger partial charge < -0.3 is 5.32 Å². The SMILES string of the molecule is Cc1c(CN2CC(=O)N[C@@H](Cc3ccccc3)C2)c(=O)n(-c2ccccc2)n1C. The lowest BCUT2D eigenvalue weighted by molar-refractivity contribution is -0.125. The van der Waals surface area contributed by atoms with Crippen LogP contribution in [0.3, 0.4) is 0 Å². The number of carbonyl (C=O) groups excluding carboxylic acids is 1. The molecule has 0 unspecified atom stereocenters. The molecule has 1 aliphatic heterocycles. The summed E-state index contributed by atoms with van der Waals surface area (Å²) in [5, 5.41) is 3.08. The molecule has 2 aromatic carbocycles. The number of hydrogen-bond donors (Lipinski definition) is 1. The number of hydrogen-bond acceptors (Lipinski definition) is 3. The van der Waals surface area contributed by atoms with Crippen molar-refractivity contribution >= 4 is 5.91 Å². The zero-order chi connectivity index (χ0) is 20.4. The third-order valence-electron chi connectivity index (χ3n) is 5.59. The smallest absolute Gasteiger partial charge is 0.276 e. The van der Waals surface area contributed by atoms with Gasteiger partial charge in [0.15, 0.2) is 0 Å². The van der Waals surface area contributed by atoms with Crippen LogP contribution < -0.4 is 10.9 Å². The fourth-order valence-corrected chi connectivity index (χ4v) is 4.06. The maximum Gasteiger partial charge on any atom is 0.276 e. The Kier molecular flexibility index (Phi) is 5.36. The van der Waals surface area contributed by atoms with E-state index in [9.17, 15) is 9.59 Å². The van der Waals surface area contributed by atoms with Gasteiger partial charge in [-0.1, -0.05) is 48.5 Å². The van der Waals surface area contributed by atoms with Crippen LogP contribution in [-0.2, 0) is 24.8 Å². The molecule has 1 N–H and O–H groups in total. The summed E-state index contributed by atoms with van der Waals surface area (Å²) in [6, 6.07) is 19.8. The Hall–Kier alpha value is -3.12. The van der Waals surface area contributed by atoms with Crippen molar-refractivity contribution in [1.82, 2.24) is 19.6 Å². The van der Waals surface area contributed by atoms with Crippen molar-refractivity contribution < 1.29 is 4.79 Å². The van der Waals surface area contributed by atoms with Gasteiger partial charge in [0.1, 0.15) is 0 Å². The third kappa shape index (κ3) is 4.03. The average Bonchev–Trinajstić information content (AvgIpc) is 2.92. The lowest BCUT2D eigenvalue weighted by Gasteiger charge is -2.33. The maximum atomic E-state index is 13.2. The van der Waals surface area contributed by atoms with Crippen molar-refractivity contribution in [2.24, 2.45) is 7.05 Å². The third-order valence-corrected chi connectivity index (χ3v) is 5.59. The standard InChI is InChI=1S/C23H26N4O2/c1-17-21(23(29)27(25(17)2)20-11-7-4-8-12-20)15-26-14-19(24-22(28)16-26)13-18-9-5-3-6-10-18/h3-12,19H,13-16H2,1-2H3,(H,24,28)/t19-/m0/s1. The van der Waals surface area contributed by atoms with Gasteiger partial charge in [-0.15, -0.1) is 0 Å². The second kappa shape index (κ2) is 8.09. The molecular weight excluding hydrogens is 364 g/mol. The van der Waals surface area contributed by atoms with E-state index in [1.807, 2.05) is 67.2 Å². The van der Waals surface area contributed by atoms with Crippen LogP contribution in [0.1, 0.15) is 16.8 Å². The lowest BCUT2D eigenvalue weighted by Crippen LogP contribution is -2.54. The number of para-hydroxylation sites is 1. The highest BCUT2D eigenvalue weighted by molar-refractivity contribution is 5.79. The highest BCUT2D eigenvalue weighted by atomic mass is 16.2. The van der Waals surface area contributed by atoms with E-state index in [1.54, 1.807) is 4.68 Å². The van der Waals surface area contributed by atoms with Crippen LogP contribution in [0.2, 0.25) is 0 Å². The highest BCUT2D eigenvalue weighted by Gasteiger charge is 2.27. The topological polar surface area (TPSA) is 59.3 Å². The van der Waals surface area contributed by atoms with E-state index in [0.29, 0.717) is 13.1 Å². The van der Waals surface area contributed by atoms with Crippen molar-refractivity contribution in [2.75, 3.05) is 13.1 Å². The molecule has 0 saturated carbocycles. The zero-order valence-electron chi connectivity index (χ0n) is 16.8. The number of nitrogens with one attached hydrogen (secondary N) is 1. The molecule has 4 rings (SSSR count). The molecule has 1 fully saturated rings. The second-order valence-electron chi connectivity index (χ2n) is 7.66. The molecule has 2 heterocycles. The van der Waals surface area contributed by atoms with Gasteiger partial charge in [0.2, 0.25) is 5.91 Å². The molecule has 1 aliphatic rings. The van der Waals surface area contributed by atoms with Gasteiger partial charge in [-0.2, -0.15) is 0 Å². The molecule has 0 aliphatic carbocycles. The minimum Gasteiger partial charge on any atom is -0.351 e. The molecule has 150 valence electrons. The Morgan fingerprint density at radius 3 is 2.34 bits per heavy atom. The molecule has 1 atom stereocenters. The van der Waals surface area contributed by atoms with Gasteiger partial charge in [-0.25, -0.2) is 4.68 Å². The predicted octanol–water partition coefficient (Wildman–Crippen LogP) is 2.03. The first kappa shape index (κ1) is 19.2. The molecular formula is C23H26N4O2. The second-order valence-corrected chi connectivity index (χ2v) is 7.66. The summed E-state index contributed by atoms with van der Waals surface area (Å²) in [7, 11) is 1.90.